The largest absolute Gasteiger partial charge is 0.352 e. The summed E-state index contributed by atoms with van der Waals surface area (Å²) >= 11 is 0. The van der Waals surface area contributed by atoms with Crippen LogP contribution >= 0.6 is 24.0 Å². The van der Waals surface area contributed by atoms with Crippen molar-refractivity contribution in [3.8, 4) is 0 Å². The Bertz CT molecular complexity index is 833. The smallest absolute Gasteiger partial charge is 0.253 e. The van der Waals surface area contributed by atoms with Crippen molar-refractivity contribution >= 4 is 41.8 Å². The van der Waals surface area contributed by atoms with Crippen LogP contribution in [0.25, 0.3) is 0 Å². The monoisotopic (exact) mass is 537 g/mol. The number of amides is 1. The number of aromatic nitrogens is 2. The Morgan fingerprint density at radius 2 is 1.68 bits per heavy atom. The first-order valence-electron chi connectivity index (χ1n) is 10.5. The lowest BCUT2D eigenvalue weighted by molar-refractivity contribution is 0.0773. The molecule has 2 heterocycles. The molecule has 9 heteroatoms. The van der Waals surface area contributed by atoms with Gasteiger partial charge in [-0.1, -0.05) is 12.1 Å². The second-order valence-electron chi connectivity index (χ2n) is 7.10. The first-order chi connectivity index (χ1) is 14.7. The highest BCUT2D eigenvalue weighted by Crippen LogP contribution is 2.11. The van der Waals surface area contributed by atoms with Gasteiger partial charge in [0.15, 0.2) is 5.96 Å². The first kappa shape index (κ1) is 24.8. The first-order valence-corrected chi connectivity index (χ1v) is 10.5. The lowest BCUT2D eigenvalue weighted by Gasteiger charge is -2.36. The molecule has 0 saturated carbocycles. The normalized spacial score (nSPS) is 14.1. The highest BCUT2D eigenvalue weighted by molar-refractivity contribution is 14.0. The van der Waals surface area contributed by atoms with E-state index in [1.807, 2.05) is 49.1 Å². The molecule has 168 valence electrons. The van der Waals surface area contributed by atoms with Gasteiger partial charge in [0.2, 0.25) is 5.95 Å². The van der Waals surface area contributed by atoms with Crippen molar-refractivity contribution in [2.45, 2.75) is 20.4 Å². The molecule has 0 atom stereocenters. The molecular weight excluding hydrogens is 505 g/mol. The maximum Gasteiger partial charge on any atom is 0.253 e. The van der Waals surface area contributed by atoms with Crippen LogP contribution in [0.4, 0.5) is 5.95 Å². The number of aliphatic imine (C=N–C) groups is 1. The van der Waals surface area contributed by atoms with Gasteiger partial charge in [-0.25, -0.2) is 9.97 Å². The summed E-state index contributed by atoms with van der Waals surface area (Å²) in [5, 5.41) is 3.43. The number of carbonyl (C=O) groups excluding carboxylic acids is 1. The molecule has 0 spiro atoms. The number of halogens is 1. The van der Waals surface area contributed by atoms with Gasteiger partial charge in [0.05, 0.1) is 0 Å². The Balaban J connectivity index is 0.00000341. The minimum Gasteiger partial charge on any atom is -0.352 e. The fourth-order valence-electron chi connectivity index (χ4n) is 3.54. The van der Waals surface area contributed by atoms with Gasteiger partial charge in [-0.15, -0.1) is 24.0 Å². The molecule has 1 aliphatic rings. The summed E-state index contributed by atoms with van der Waals surface area (Å²) in [5.41, 5.74) is 1.84. The van der Waals surface area contributed by atoms with Crippen molar-refractivity contribution in [3.05, 3.63) is 53.9 Å². The van der Waals surface area contributed by atoms with E-state index >= 15 is 0 Å². The van der Waals surface area contributed by atoms with Crippen LogP contribution in [-0.4, -0.2) is 78.0 Å². The summed E-state index contributed by atoms with van der Waals surface area (Å²) in [6, 6.07) is 9.64. The number of nitrogens with zero attached hydrogens (tertiary/aromatic N) is 6. The molecule has 0 bridgehead atoms. The van der Waals surface area contributed by atoms with Crippen molar-refractivity contribution in [3.63, 3.8) is 0 Å². The summed E-state index contributed by atoms with van der Waals surface area (Å²) in [7, 11) is 1.81. The van der Waals surface area contributed by atoms with Crippen LogP contribution in [0.15, 0.2) is 47.7 Å². The zero-order valence-corrected chi connectivity index (χ0v) is 20.8. The average Bonchev–Trinajstić information content (AvgIpc) is 2.81. The third-order valence-corrected chi connectivity index (χ3v) is 5.33. The number of rotatable bonds is 6. The summed E-state index contributed by atoms with van der Waals surface area (Å²) in [6.45, 7) is 9.52. The molecular formula is C22H32IN7O. The lowest BCUT2D eigenvalue weighted by Crippen LogP contribution is -2.52. The van der Waals surface area contributed by atoms with Crippen LogP contribution in [-0.2, 0) is 6.54 Å². The number of hydrogen-bond acceptors (Lipinski definition) is 5. The third-order valence-electron chi connectivity index (χ3n) is 5.33. The van der Waals surface area contributed by atoms with Crippen LogP contribution in [0.2, 0.25) is 0 Å². The fraction of sp³-hybridized carbons (Fsp3) is 0.455. The minimum atomic E-state index is 0. The van der Waals surface area contributed by atoms with Crippen LogP contribution < -0.4 is 10.2 Å². The number of guanidine groups is 1. The Morgan fingerprint density at radius 1 is 1.06 bits per heavy atom. The minimum absolute atomic E-state index is 0. The topological polar surface area (TPSA) is 77.0 Å². The summed E-state index contributed by atoms with van der Waals surface area (Å²) in [4.78, 5) is 31.8. The zero-order chi connectivity index (χ0) is 21.3. The molecule has 0 aliphatic carbocycles. The van der Waals surface area contributed by atoms with E-state index in [4.69, 9.17) is 0 Å². The van der Waals surface area contributed by atoms with E-state index in [9.17, 15) is 4.79 Å². The molecule has 1 aromatic carbocycles. The number of nitrogens with one attached hydrogen (secondary N) is 1. The van der Waals surface area contributed by atoms with Crippen molar-refractivity contribution in [1.29, 1.82) is 0 Å². The van der Waals surface area contributed by atoms with E-state index in [1.54, 1.807) is 19.4 Å². The molecule has 8 nitrogen and oxygen atoms in total. The molecule has 1 saturated heterocycles. The summed E-state index contributed by atoms with van der Waals surface area (Å²) < 4.78 is 0. The zero-order valence-electron chi connectivity index (χ0n) is 18.5. The highest BCUT2D eigenvalue weighted by atomic mass is 127. The van der Waals surface area contributed by atoms with Gasteiger partial charge in [0.25, 0.3) is 5.91 Å². The van der Waals surface area contributed by atoms with Crippen LogP contribution in [0.3, 0.4) is 0 Å². The van der Waals surface area contributed by atoms with Gasteiger partial charge >= 0.3 is 0 Å². The van der Waals surface area contributed by atoms with Crippen molar-refractivity contribution in [2.24, 2.45) is 4.99 Å². The van der Waals surface area contributed by atoms with E-state index in [0.717, 1.165) is 62.3 Å². The Kier molecular flexibility index (Phi) is 9.96. The van der Waals surface area contributed by atoms with Gasteiger partial charge in [-0.2, -0.15) is 0 Å². The van der Waals surface area contributed by atoms with E-state index < -0.39 is 0 Å². The predicted molar refractivity (Wildman–Crippen MR) is 135 cm³/mol. The van der Waals surface area contributed by atoms with E-state index in [0.29, 0.717) is 6.54 Å². The molecule has 3 rings (SSSR count). The second-order valence-corrected chi connectivity index (χ2v) is 7.10. The van der Waals surface area contributed by atoms with Gasteiger partial charge in [0, 0.05) is 70.8 Å². The van der Waals surface area contributed by atoms with Gasteiger partial charge in [0.1, 0.15) is 0 Å². The van der Waals surface area contributed by atoms with Crippen LogP contribution in [0, 0.1) is 0 Å². The van der Waals surface area contributed by atoms with Gasteiger partial charge in [-0.3, -0.25) is 9.79 Å². The van der Waals surface area contributed by atoms with Crippen molar-refractivity contribution in [1.82, 2.24) is 25.1 Å². The Labute approximate surface area is 201 Å². The van der Waals surface area contributed by atoms with E-state index in [1.165, 1.54) is 0 Å². The number of piperazine rings is 1. The van der Waals surface area contributed by atoms with Crippen molar-refractivity contribution < 1.29 is 4.79 Å². The van der Waals surface area contributed by atoms with Crippen molar-refractivity contribution in [2.75, 3.05) is 51.2 Å². The second kappa shape index (κ2) is 12.4. The molecule has 0 radical (unpaired) electrons. The quantitative estimate of drug-likeness (QED) is 0.347. The van der Waals surface area contributed by atoms with Crippen LogP contribution in [0.5, 0.6) is 0 Å². The number of anilines is 1. The highest BCUT2D eigenvalue weighted by Gasteiger charge is 2.21. The predicted octanol–water partition coefficient (Wildman–Crippen LogP) is 2.47. The number of carbonyl (C=O) groups is 1. The standard InChI is InChI=1S/C22H31N7O.HI/c1-4-27(5-2)20(30)19-9-7-18(8-10-19)17-26-21(23-3)28-13-15-29(16-14-28)22-24-11-6-12-25-22;/h6-12H,4-5,13-17H2,1-3H3,(H,23,26);1H. The Morgan fingerprint density at radius 3 is 2.23 bits per heavy atom. The maximum absolute atomic E-state index is 12.4. The molecule has 31 heavy (non-hydrogen) atoms. The third kappa shape index (κ3) is 6.52. The molecule has 1 amide bonds. The molecule has 1 aliphatic heterocycles. The lowest BCUT2D eigenvalue weighted by atomic mass is 10.1. The molecule has 1 N–H and O–H groups in total. The maximum atomic E-state index is 12.4. The Hall–Kier alpha value is -2.43. The SMILES string of the molecule is CCN(CC)C(=O)c1ccc(CNC(=NC)N2CCN(c3ncccn3)CC2)cc1.I. The summed E-state index contributed by atoms with van der Waals surface area (Å²) in [6.07, 6.45) is 3.55. The number of benzene rings is 1. The van der Waals surface area contributed by atoms with Gasteiger partial charge < -0.3 is 20.0 Å². The molecule has 1 fully saturated rings. The molecule has 0 unspecified atom stereocenters. The van der Waals surface area contributed by atoms with E-state index in [2.05, 4.69) is 30.1 Å². The van der Waals surface area contributed by atoms with E-state index in [-0.39, 0.29) is 29.9 Å². The fourth-order valence-corrected chi connectivity index (χ4v) is 3.54. The molecule has 1 aromatic heterocycles. The van der Waals surface area contributed by atoms with Gasteiger partial charge in [-0.05, 0) is 37.6 Å². The average molecular weight is 537 g/mol. The summed E-state index contributed by atoms with van der Waals surface area (Å²) in [5.74, 6) is 1.74. The van der Waals surface area contributed by atoms with Crippen LogP contribution in [0.1, 0.15) is 29.8 Å². The number of hydrogen-bond donors (Lipinski definition) is 1. The molecule has 2 aromatic rings.